The molecule has 0 saturated carbocycles. The van der Waals surface area contributed by atoms with Gasteiger partial charge in [0.15, 0.2) is 0 Å². The van der Waals surface area contributed by atoms with Gasteiger partial charge in [-0.2, -0.15) is 0 Å². The van der Waals surface area contributed by atoms with Crippen LogP contribution in [0.5, 0.6) is 11.5 Å². The van der Waals surface area contributed by atoms with E-state index in [9.17, 15) is 9.59 Å². The van der Waals surface area contributed by atoms with Gasteiger partial charge in [-0.05, 0) is 68.8 Å². The minimum Gasteiger partial charge on any atom is -0.494 e. The van der Waals surface area contributed by atoms with Crippen LogP contribution in [0.4, 0.5) is 0 Å². The average Bonchev–Trinajstić information content (AvgIpc) is 2.76. The molecule has 1 atom stereocenters. The molecule has 0 spiro atoms. The zero-order valence-electron chi connectivity index (χ0n) is 17.9. The molecule has 0 bridgehead atoms. The van der Waals surface area contributed by atoms with Crippen LogP contribution in [0.25, 0.3) is 0 Å². The highest BCUT2D eigenvalue weighted by molar-refractivity contribution is 5.92. The van der Waals surface area contributed by atoms with E-state index in [2.05, 4.69) is 6.92 Å². The summed E-state index contributed by atoms with van der Waals surface area (Å²) in [6, 6.07) is 13.1. The number of benzene rings is 2. The van der Waals surface area contributed by atoms with E-state index in [1.54, 1.807) is 55.5 Å². The van der Waals surface area contributed by atoms with Crippen LogP contribution >= 0.6 is 0 Å². The van der Waals surface area contributed by atoms with Gasteiger partial charge in [0.2, 0.25) is 0 Å². The number of carbonyl (C=O) groups excluding carboxylic acids is 2. The van der Waals surface area contributed by atoms with Crippen molar-refractivity contribution in [2.24, 2.45) is 0 Å². The summed E-state index contributed by atoms with van der Waals surface area (Å²) in [5.41, 5.74) is 0.798. The van der Waals surface area contributed by atoms with Crippen LogP contribution in [0, 0.1) is 0 Å². The number of hydrogen-bond donors (Lipinski definition) is 0. The molecule has 0 aliphatic carbocycles. The van der Waals surface area contributed by atoms with Crippen molar-refractivity contribution in [1.29, 1.82) is 0 Å². The normalized spacial score (nSPS) is 11.6. The van der Waals surface area contributed by atoms with Crippen LogP contribution in [0.3, 0.4) is 0 Å². The maximum atomic E-state index is 12.3. The molecule has 0 N–H and O–H groups in total. The highest BCUT2D eigenvalue weighted by Crippen LogP contribution is 2.18. The lowest BCUT2D eigenvalue weighted by Crippen LogP contribution is -2.20. The van der Waals surface area contributed by atoms with Crippen LogP contribution in [-0.2, 0) is 9.47 Å². The summed E-state index contributed by atoms with van der Waals surface area (Å²) < 4.78 is 21.5. The second-order valence-corrected chi connectivity index (χ2v) is 6.87. The number of hydrogen-bond acceptors (Lipinski definition) is 6. The Balaban J connectivity index is 1.86. The van der Waals surface area contributed by atoms with Crippen molar-refractivity contribution >= 4 is 11.9 Å². The van der Waals surface area contributed by atoms with Crippen molar-refractivity contribution in [3.63, 3.8) is 0 Å². The highest BCUT2D eigenvalue weighted by atomic mass is 16.6. The lowest BCUT2D eigenvalue weighted by atomic mass is 10.2. The van der Waals surface area contributed by atoms with E-state index in [0.717, 1.165) is 25.0 Å². The van der Waals surface area contributed by atoms with Gasteiger partial charge < -0.3 is 18.9 Å². The molecule has 0 saturated heterocycles. The standard InChI is InChI=1S/C24H30O6/c1-4-6-7-16-28-21-12-8-20(9-13-21)24(26)30-22-14-10-19(11-15-22)23(25)29-18(3)17-27-5-2/h8-15,18H,4-7,16-17H2,1-3H3. The molecule has 2 rings (SSSR count). The van der Waals surface area contributed by atoms with E-state index in [0.29, 0.717) is 36.7 Å². The molecular formula is C24H30O6. The lowest BCUT2D eigenvalue weighted by Gasteiger charge is -2.13. The summed E-state index contributed by atoms with van der Waals surface area (Å²) in [7, 11) is 0. The van der Waals surface area contributed by atoms with E-state index >= 15 is 0 Å². The fourth-order valence-electron chi connectivity index (χ4n) is 2.62. The van der Waals surface area contributed by atoms with Gasteiger partial charge in [-0.1, -0.05) is 19.8 Å². The van der Waals surface area contributed by atoms with Crippen molar-refractivity contribution < 1.29 is 28.5 Å². The Labute approximate surface area is 178 Å². The van der Waals surface area contributed by atoms with Crippen LogP contribution in [0.15, 0.2) is 48.5 Å². The van der Waals surface area contributed by atoms with Crippen molar-refractivity contribution in [2.45, 2.75) is 46.1 Å². The molecule has 6 nitrogen and oxygen atoms in total. The molecular weight excluding hydrogens is 384 g/mol. The Morgan fingerprint density at radius 2 is 1.43 bits per heavy atom. The Kier molecular flexibility index (Phi) is 9.87. The summed E-state index contributed by atoms with van der Waals surface area (Å²) in [5.74, 6) is 0.144. The molecule has 0 aliphatic heterocycles. The lowest BCUT2D eigenvalue weighted by molar-refractivity contribution is 0.00439. The number of unbranched alkanes of at least 4 members (excludes halogenated alkanes) is 2. The molecule has 0 aromatic heterocycles. The molecule has 0 heterocycles. The molecule has 6 heteroatoms. The molecule has 0 radical (unpaired) electrons. The smallest absolute Gasteiger partial charge is 0.343 e. The Morgan fingerprint density at radius 1 is 0.833 bits per heavy atom. The maximum absolute atomic E-state index is 12.3. The molecule has 2 aromatic carbocycles. The number of rotatable bonds is 12. The van der Waals surface area contributed by atoms with Crippen LogP contribution in [-0.4, -0.2) is 37.9 Å². The van der Waals surface area contributed by atoms with Gasteiger partial charge in [0.1, 0.15) is 17.6 Å². The van der Waals surface area contributed by atoms with Crippen LogP contribution in [0.2, 0.25) is 0 Å². The van der Waals surface area contributed by atoms with Gasteiger partial charge in [-0.15, -0.1) is 0 Å². The molecule has 30 heavy (non-hydrogen) atoms. The topological polar surface area (TPSA) is 71.1 Å². The summed E-state index contributed by atoms with van der Waals surface area (Å²) in [5, 5.41) is 0. The van der Waals surface area contributed by atoms with Gasteiger partial charge in [-0.25, -0.2) is 9.59 Å². The third kappa shape index (κ3) is 7.87. The third-order valence-corrected chi connectivity index (χ3v) is 4.27. The minimum absolute atomic E-state index is 0.339. The van der Waals surface area contributed by atoms with E-state index in [4.69, 9.17) is 18.9 Å². The van der Waals surface area contributed by atoms with E-state index in [1.807, 2.05) is 6.92 Å². The molecule has 2 aromatic rings. The summed E-state index contributed by atoms with van der Waals surface area (Å²) >= 11 is 0. The second kappa shape index (κ2) is 12.6. The van der Waals surface area contributed by atoms with E-state index < -0.39 is 11.9 Å². The Hall–Kier alpha value is -2.86. The van der Waals surface area contributed by atoms with Gasteiger partial charge in [0.05, 0.1) is 24.3 Å². The molecule has 162 valence electrons. The molecule has 0 aliphatic rings. The van der Waals surface area contributed by atoms with Gasteiger partial charge in [0.25, 0.3) is 0 Å². The van der Waals surface area contributed by atoms with E-state index in [1.165, 1.54) is 0 Å². The van der Waals surface area contributed by atoms with Crippen LogP contribution < -0.4 is 9.47 Å². The van der Waals surface area contributed by atoms with Crippen LogP contribution in [0.1, 0.15) is 60.7 Å². The Morgan fingerprint density at radius 3 is 2.03 bits per heavy atom. The van der Waals surface area contributed by atoms with Gasteiger partial charge >= 0.3 is 11.9 Å². The average molecular weight is 414 g/mol. The van der Waals surface area contributed by atoms with Crippen molar-refractivity contribution in [2.75, 3.05) is 19.8 Å². The Bertz CT molecular complexity index is 782. The van der Waals surface area contributed by atoms with Crippen molar-refractivity contribution in [1.82, 2.24) is 0 Å². The van der Waals surface area contributed by atoms with Gasteiger partial charge in [0, 0.05) is 6.61 Å². The molecule has 0 amide bonds. The number of esters is 2. The van der Waals surface area contributed by atoms with E-state index in [-0.39, 0.29) is 6.10 Å². The quantitative estimate of drug-likeness (QED) is 0.275. The fourth-order valence-corrected chi connectivity index (χ4v) is 2.62. The molecule has 1 unspecified atom stereocenters. The van der Waals surface area contributed by atoms with Crippen molar-refractivity contribution in [3.05, 3.63) is 59.7 Å². The largest absolute Gasteiger partial charge is 0.494 e. The monoisotopic (exact) mass is 414 g/mol. The summed E-state index contributed by atoms with van der Waals surface area (Å²) in [6.45, 7) is 7.37. The number of carbonyl (C=O) groups is 2. The fraction of sp³-hybridized carbons (Fsp3) is 0.417. The second-order valence-electron chi connectivity index (χ2n) is 6.87. The summed E-state index contributed by atoms with van der Waals surface area (Å²) in [4.78, 5) is 24.4. The SMILES string of the molecule is CCCCCOc1ccc(C(=O)Oc2ccc(C(=O)OC(C)COCC)cc2)cc1. The predicted molar refractivity (Wildman–Crippen MR) is 114 cm³/mol. The highest BCUT2D eigenvalue weighted by Gasteiger charge is 2.13. The first-order valence-electron chi connectivity index (χ1n) is 10.4. The molecule has 0 fully saturated rings. The minimum atomic E-state index is -0.479. The zero-order chi connectivity index (χ0) is 21.8. The van der Waals surface area contributed by atoms with Gasteiger partial charge in [-0.3, -0.25) is 0 Å². The zero-order valence-corrected chi connectivity index (χ0v) is 17.9. The third-order valence-electron chi connectivity index (χ3n) is 4.27. The van der Waals surface area contributed by atoms with Crippen molar-refractivity contribution in [3.8, 4) is 11.5 Å². The first-order valence-corrected chi connectivity index (χ1v) is 10.4. The summed E-state index contributed by atoms with van der Waals surface area (Å²) in [6.07, 6.45) is 2.94. The predicted octanol–water partition coefficient (Wildman–Crippen LogP) is 5.06. The first-order chi connectivity index (χ1) is 14.5. The first kappa shape index (κ1) is 23.4. The number of ether oxygens (including phenoxy) is 4. The maximum Gasteiger partial charge on any atom is 0.343 e.